The van der Waals surface area contributed by atoms with Crippen molar-refractivity contribution in [3.05, 3.63) is 16.2 Å². The van der Waals surface area contributed by atoms with Crippen LogP contribution in [0.25, 0.3) is 0 Å². The van der Waals surface area contributed by atoms with E-state index in [9.17, 15) is 18.5 Å². The number of thiophene rings is 1. The smallest absolute Gasteiger partial charge is 0.304 e. The second kappa shape index (κ2) is 5.81. The Morgan fingerprint density at radius 1 is 1.41 bits per heavy atom. The van der Waals surface area contributed by atoms with E-state index in [0.717, 1.165) is 47.8 Å². The van der Waals surface area contributed by atoms with Gasteiger partial charge in [-0.25, -0.2) is 8.42 Å². The molecule has 1 aromatic heterocycles. The summed E-state index contributed by atoms with van der Waals surface area (Å²) in [4.78, 5) is 10.5. The van der Waals surface area contributed by atoms with Gasteiger partial charge in [0.2, 0.25) is 0 Å². The zero-order valence-corrected chi connectivity index (χ0v) is 14.1. The van der Waals surface area contributed by atoms with Crippen LogP contribution < -0.4 is 5.32 Å². The van der Waals surface area contributed by atoms with Crippen LogP contribution in [0.2, 0.25) is 0 Å². The second-order valence-corrected chi connectivity index (χ2v) is 9.75. The van der Waals surface area contributed by atoms with Gasteiger partial charge in [-0.1, -0.05) is 17.8 Å². The fourth-order valence-corrected chi connectivity index (χ4v) is 5.87. The molecule has 2 aliphatic rings. The molecule has 0 spiro atoms. The number of hydrogen-bond acceptors (Lipinski definition) is 6. The van der Waals surface area contributed by atoms with Crippen molar-refractivity contribution in [2.75, 3.05) is 18.1 Å². The van der Waals surface area contributed by atoms with Gasteiger partial charge >= 0.3 is 5.69 Å². The highest BCUT2D eigenvalue weighted by Crippen LogP contribution is 2.49. The van der Waals surface area contributed by atoms with Gasteiger partial charge in [-0.05, 0) is 43.4 Å². The number of rotatable bonds is 6. The van der Waals surface area contributed by atoms with Crippen LogP contribution in [-0.4, -0.2) is 26.1 Å². The number of nitrogens with zero attached hydrogens (tertiary/aromatic N) is 1. The van der Waals surface area contributed by atoms with Crippen LogP contribution in [0, 0.1) is 27.9 Å². The van der Waals surface area contributed by atoms with Gasteiger partial charge in [0.05, 0.1) is 4.92 Å². The average molecular weight is 344 g/mol. The number of sulfone groups is 1. The van der Waals surface area contributed by atoms with E-state index in [4.69, 9.17) is 0 Å². The van der Waals surface area contributed by atoms with E-state index in [1.807, 2.05) is 0 Å². The molecule has 2 aliphatic carbocycles. The van der Waals surface area contributed by atoms with Crippen LogP contribution in [0.5, 0.6) is 0 Å². The lowest BCUT2D eigenvalue weighted by atomic mass is 9.86. The summed E-state index contributed by atoms with van der Waals surface area (Å²) in [5.74, 6) is 2.44. The van der Waals surface area contributed by atoms with Gasteiger partial charge in [0.15, 0.2) is 14.8 Å². The SMILES string of the molecule is CS(=O)(=O)c1cc([N+](=O)[O-])c(NCCC2CC3CCC2C3)s1. The predicted molar refractivity (Wildman–Crippen MR) is 86.1 cm³/mol. The minimum Gasteiger partial charge on any atom is -0.371 e. The Kier molecular flexibility index (Phi) is 4.15. The van der Waals surface area contributed by atoms with Crippen LogP contribution in [0.15, 0.2) is 10.3 Å². The number of hydrogen-bond donors (Lipinski definition) is 1. The highest BCUT2D eigenvalue weighted by atomic mass is 32.2. The molecule has 1 aromatic rings. The lowest BCUT2D eigenvalue weighted by molar-refractivity contribution is -0.383. The Balaban J connectivity index is 1.64. The third kappa shape index (κ3) is 3.12. The zero-order chi connectivity index (χ0) is 15.9. The monoisotopic (exact) mass is 344 g/mol. The van der Waals surface area contributed by atoms with E-state index in [1.165, 1.54) is 25.7 Å². The van der Waals surface area contributed by atoms with E-state index in [2.05, 4.69) is 5.32 Å². The first-order chi connectivity index (χ1) is 10.3. The van der Waals surface area contributed by atoms with E-state index >= 15 is 0 Å². The Morgan fingerprint density at radius 2 is 2.18 bits per heavy atom. The molecule has 3 unspecified atom stereocenters. The minimum absolute atomic E-state index is 0.0432. The van der Waals surface area contributed by atoms with Gasteiger partial charge in [0, 0.05) is 18.9 Å². The van der Waals surface area contributed by atoms with Crippen molar-refractivity contribution in [1.29, 1.82) is 0 Å². The molecule has 0 amide bonds. The molecule has 1 N–H and O–H groups in total. The Bertz CT molecular complexity index is 683. The molecule has 1 heterocycles. The van der Waals surface area contributed by atoms with Gasteiger partial charge in [0.25, 0.3) is 0 Å². The lowest BCUT2D eigenvalue weighted by Crippen LogP contribution is -2.15. The summed E-state index contributed by atoms with van der Waals surface area (Å²) < 4.78 is 23.1. The normalized spacial score (nSPS) is 27.2. The molecular formula is C14H20N2O4S2. The molecule has 2 saturated carbocycles. The van der Waals surface area contributed by atoms with Crippen molar-refractivity contribution in [3.63, 3.8) is 0 Å². The molecule has 6 nitrogen and oxygen atoms in total. The highest BCUT2D eigenvalue weighted by molar-refractivity contribution is 7.92. The van der Waals surface area contributed by atoms with Gasteiger partial charge < -0.3 is 5.32 Å². The Hall–Kier alpha value is -1.15. The molecule has 3 atom stereocenters. The quantitative estimate of drug-likeness (QED) is 0.632. The summed E-state index contributed by atoms with van der Waals surface area (Å²) in [5.41, 5.74) is -0.140. The largest absolute Gasteiger partial charge is 0.371 e. The van der Waals surface area contributed by atoms with Gasteiger partial charge in [-0.3, -0.25) is 10.1 Å². The van der Waals surface area contributed by atoms with Crippen LogP contribution in [-0.2, 0) is 9.84 Å². The molecule has 22 heavy (non-hydrogen) atoms. The second-order valence-electron chi connectivity index (χ2n) is 6.46. The van der Waals surface area contributed by atoms with Crippen LogP contribution >= 0.6 is 11.3 Å². The van der Waals surface area contributed by atoms with Crippen molar-refractivity contribution < 1.29 is 13.3 Å². The summed E-state index contributed by atoms with van der Waals surface area (Å²) >= 11 is 0.952. The number of anilines is 1. The maximum absolute atomic E-state index is 11.6. The van der Waals surface area contributed by atoms with Gasteiger partial charge in [-0.2, -0.15) is 0 Å². The van der Waals surface area contributed by atoms with Crippen molar-refractivity contribution in [2.24, 2.45) is 17.8 Å². The van der Waals surface area contributed by atoms with Crippen LogP contribution in [0.1, 0.15) is 32.1 Å². The summed E-state index contributed by atoms with van der Waals surface area (Å²) in [6.45, 7) is 0.665. The summed E-state index contributed by atoms with van der Waals surface area (Å²) in [6, 6.07) is 1.15. The minimum atomic E-state index is -3.41. The van der Waals surface area contributed by atoms with Crippen LogP contribution in [0.3, 0.4) is 0 Å². The van der Waals surface area contributed by atoms with Crippen molar-refractivity contribution in [3.8, 4) is 0 Å². The first kappa shape index (κ1) is 15.7. The van der Waals surface area contributed by atoms with E-state index in [0.29, 0.717) is 11.5 Å². The third-order valence-electron chi connectivity index (χ3n) is 4.94. The lowest BCUT2D eigenvalue weighted by Gasteiger charge is -2.21. The zero-order valence-electron chi connectivity index (χ0n) is 12.4. The summed E-state index contributed by atoms with van der Waals surface area (Å²) in [6.07, 6.45) is 7.40. The summed E-state index contributed by atoms with van der Waals surface area (Å²) in [7, 11) is -3.41. The van der Waals surface area contributed by atoms with Crippen molar-refractivity contribution >= 4 is 31.9 Å². The number of fused-ring (bicyclic) bond motifs is 2. The Morgan fingerprint density at radius 3 is 2.73 bits per heavy atom. The van der Waals surface area contributed by atoms with Crippen molar-refractivity contribution in [1.82, 2.24) is 0 Å². The molecular weight excluding hydrogens is 324 g/mol. The molecule has 0 radical (unpaired) electrons. The third-order valence-corrected chi connectivity index (χ3v) is 7.82. The Labute approximate surface area is 134 Å². The fourth-order valence-electron chi connectivity index (χ4n) is 3.91. The van der Waals surface area contributed by atoms with Crippen molar-refractivity contribution in [2.45, 2.75) is 36.3 Å². The maximum Gasteiger partial charge on any atom is 0.304 e. The first-order valence-corrected chi connectivity index (χ1v) is 10.3. The molecule has 0 saturated heterocycles. The first-order valence-electron chi connectivity index (χ1n) is 7.56. The molecule has 3 rings (SSSR count). The predicted octanol–water partition coefficient (Wildman–Crippen LogP) is 3.30. The number of nitro groups is 1. The average Bonchev–Trinajstić information content (AvgIpc) is 3.11. The maximum atomic E-state index is 11.6. The topological polar surface area (TPSA) is 89.3 Å². The summed E-state index contributed by atoms with van der Waals surface area (Å²) in [5, 5.41) is 14.5. The molecule has 0 aromatic carbocycles. The van der Waals surface area contributed by atoms with E-state index in [-0.39, 0.29) is 9.90 Å². The van der Waals surface area contributed by atoms with E-state index in [1.54, 1.807) is 0 Å². The van der Waals surface area contributed by atoms with Gasteiger partial charge in [-0.15, -0.1) is 0 Å². The molecule has 8 heteroatoms. The fraction of sp³-hybridized carbons (Fsp3) is 0.714. The molecule has 2 bridgehead atoms. The molecule has 122 valence electrons. The standard InChI is InChI=1S/C14H20N2O4S2/c1-22(19,20)13-8-12(16(17)18)14(21-13)15-5-4-11-7-9-2-3-10(11)6-9/h8-11,15H,2-7H2,1H3. The highest BCUT2D eigenvalue weighted by Gasteiger charge is 2.38. The van der Waals surface area contributed by atoms with E-state index < -0.39 is 14.8 Å². The number of nitrogens with one attached hydrogen (secondary N) is 1. The van der Waals surface area contributed by atoms with Gasteiger partial charge in [0.1, 0.15) is 4.21 Å². The molecule has 0 aliphatic heterocycles. The van der Waals surface area contributed by atoms with Crippen LogP contribution in [0.4, 0.5) is 10.7 Å². The molecule has 2 fully saturated rings.